The summed E-state index contributed by atoms with van der Waals surface area (Å²) in [5, 5.41) is 11.1. The Morgan fingerprint density at radius 2 is 2.23 bits per heavy atom. The normalized spacial score (nSPS) is 17.0. The number of hydrogen-bond donors (Lipinski definition) is 1. The number of benzene rings is 1. The second-order valence-electron chi connectivity index (χ2n) is 6.39. The standard InChI is InChI=1S/C19H23FN4O2/c1-26-18-8-7-17(22-23-18)24-11-3-5-15(13-24)19(25)21-10-9-14-4-2-6-16(20)12-14/h2,4,6-8,12,15H,3,5,9-11,13H2,1H3,(H,21,25)/t15-/m0/s1. The van der Waals surface area contributed by atoms with Crippen molar-refractivity contribution >= 4 is 11.7 Å². The molecule has 1 aliphatic rings. The minimum absolute atomic E-state index is 0.0348. The predicted octanol–water partition coefficient (Wildman–Crippen LogP) is 2.20. The number of nitrogens with zero attached hydrogens (tertiary/aromatic N) is 3. The van der Waals surface area contributed by atoms with Crippen LogP contribution in [0.25, 0.3) is 0 Å². The number of aromatic nitrogens is 2. The summed E-state index contributed by atoms with van der Waals surface area (Å²) in [6, 6.07) is 10.1. The number of anilines is 1. The van der Waals surface area contributed by atoms with Crippen LogP contribution in [0.2, 0.25) is 0 Å². The Morgan fingerprint density at radius 1 is 1.35 bits per heavy atom. The first-order chi connectivity index (χ1) is 12.7. The lowest BCUT2D eigenvalue weighted by Crippen LogP contribution is -2.43. The van der Waals surface area contributed by atoms with Crippen molar-refractivity contribution < 1.29 is 13.9 Å². The van der Waals surface area contributed by atoms with E-state index in [2.05, 4.69) is 20.4 Å². The Balaban J connectivity index is 1.50. The summed E-state index contributed by atoms with van der Waals surface area (Å²) in [4.78, 5) is 14.5. The van der Waals surface area contributed by atoms with Crippen LogP contribution in [-0.4, -0.2) is 42.8 Å². The highest BCUT2D eigenvalue weighted by molar-refractivity contribution is 5.79. The number of carbonyl (C=O) groups excluding carboxylic acids is 1. The summed E-state index contributed by atoms with van der Waals surface area (Å²) in [6.45, 7) is 1.97. The number of hydrogen-bond acceptors (Lipinski definition) is 5. The highest BCUT2D eigenvalue weighted by atomic mass is 19.1. The zero-order valence-corrected chi connectivity index (χ0v) is 14.8. The quantitative estimate of drug-likeness (QED) is 0.857. The molecule has 0 radical (unpaired) electrons. The Hall–Kier alpha value is -2.70. The van der Waals surface area contributed by atoms with Crippen LogP contribution in [0, 0.1) is 11.7 Å². The zero-order chi connectivity index (χ0) is 18.4. The van der Waals surface area contributed by atoms with Gasteiger partial charge in [0, 0.05) is 25.7 Å². The van der Waals surface area contributed by atoms with Crippen molar-refractivity contribution in [1.29, 1.82) is 0 Å². The summed E-state index contributed by atoms with van der Waals surface area (Å²) in [5.74, 6) is 0.922. The molecule has 1 atom stereocenters. The molecule has 1 aromatic carbocycles. The van der Waals surface area contributed by atoms with E-state index in [1.54, 1.807) is 19.2 Å². The Bertz CT molecular complexity index is 739. The van der Waals surface area contributed by atoms with Gasteiger partial charge in [0.2, 0.25) is 11.8 Å². The molecule has 2 aromatic rings. The number of ether oxygens (including phenoxy) is 1. The Morgan fingerprint density at radius 3 is 2.96 bits per heavy atom. The van der Waals surface area contributed by atoms with Gasteiger partial charge in [-0.15, -0.1) is 10.2 Å². The van der Waals surface area contributed by atoms with E-state index in [0.717, 1.165) is 30.8 Å². The molecule has 1 saturated heterocycles. The SMILES string of the molecule is COc1ccc(N2CCC[C@H](C(=O)NCCc3cccc(F)c3)C2)nn1. The number of methoxy groups -OCH3 is 1. The van der Waals surface area contributed by atoms with Gasteiger partial charge in [-0.05, 0) is 43.0 Å². The molecule has 3 rings (SSSR count). The molecule has 1 aliphatic heterocycles. The van der Waals surface area contributed by atoms with Gasteiger partial charge < -0.3 is 15.0 Å². The third kappa shape index (κ3) is 4.68. The molecular formula is C19H23FN4O2. The molecule has 0 aliphatic carbocycles. The summed E-state index contributed by atoms with van der Waals surface area (Å²) < 4.78 is 18.2. The van der Waals surface area contributed by atoms with E-state index in [4.69, 9.17) is 4.74 Å². The Labute approximate surface area is 152 Å². The van der Waals surface area contributed by atoms with E-state index in [-0.39, 0.29) is 17.6 Å². The van der Waals surface area contributed by atoms with Gasteiger partial charge in [-0.1, -0.05) is 12.1 Å². The van der Waals surface area contributed by atoms with E-state index < -0.39 is 0 Å². The highest BCUT2D eigenvalue weighted by Gasteiger charge is 2.26. The maximum Gasteiger partial charge on any atom is 0.233 e. The number of carbonyl (C=O) groups is 1. The average Bonchev–Trinajstić information content (AvgIpc) is 2.68. The molecule has 2 heterocycles. The second kappa shape index (κ2) is 8.60. The van der Waals surface area contributed by atoms with Gasteiger partial charge in [0.25, 0.3) is 0 Å². The van der Waals surface area contributed by atoms with E-state index in [0.29, 0.717) is 25.4 Å². The van der Waals surface area contributed by atoms with Gasteiger partial charge in [0.1, 0.15) is 5.82 Å². The molecule has 0 unspecified atom stereocenters. The highest BCUT2D eigenvalue weighted by Crippen LogP contribution is 2.22. The van der Waals surface area contributed by atoms with Crippen LogP contribution < -0.4 is 15.0 Å². The van der Waals surface area contributed by atoms with E-state index >= 15 is 0 Å². The van der Waals surface area contributed by atoms with Gasteiger partial charge in [0.15, 0.2) is 5.82 Å². The van der Waals surface area contributed by atoms with Gasteiger partial charge in [-0.25, -0.2) is 4.39 Å². The first-order valence-electron chi connectivity index (χ1n) is 8.80. The van der Waals surface area contributed by atoms with Crippen LogP contribution in [-0.2, 0) is 11.2 Å². The van der Waals surface area contributed by atoms with Crippen molar-refractivity contribution in [2.75, 3.05) is 31.6 Å². The molecule has 1 aromatic heterocycles. The molecule has 138 valence electrons. The van der Waals surface area contributed by atoms with Crippen LogP contribution in [0.1, 0.15) is 18.4 Å². The largest absolute Gasteiger partial charge is 0.480 e. The van der Waals surface area contributed by atoms with Crippen molar-refractivity contribution in [2.24, 2.45) is 5.92 Å². The molecule has 6 nitrogen and oxygen atoms in total. The maximum absolute atomic E-state index is 13.2. The van der Waals surface area contributed by atoms with Crippen molar-refractivity contribution in [3.8, 4) is 5.88 Å². The molecular weight excluding hydrogens is 335 g/mol. The zero-order valence-electron chi connectivity index (χ0n) is 14.8. The van der Waals surface area contributed by atoms with Crippen molar-refractivity contribution in [3.63, 3.8) is 0 Å². The van der Waals surface area contributed by atoms with Crippen LogP contribution in [0.4, 0.5) is 10.2 Å². The smallest absolute Gasteiger partial charge is 0.233 e. The van der Waals surface area contributed by atoms with E-state index in [1.165, 1.54) is 12.1 Å². The van der Waals surface area contributed by atoms with E-state index in [9.17, 15) is 9.18 Å². The van der Waals surface area contributed by atoms with Crippen LogP contribution >= 0.6 is 0 Å². The van der Waals surface area contributed by atoms with Crippen LogP contribution in [0.15, 0.2) is 36.4 Å². The van der Waals surface area contributed by atoms with Crippen LogP contribution in [0.3, 0.4) is 0 Å². The minimum atomic E-state index is -0.252. The lowest BCUT2D eigenvalue weighted by molar-refractivity contribution is -0.125. The van der Waals surface area contributed by atoms with Gasteiger partial charge in [-0.2, -0.15) is 0 Å². The fourth-order valence-electron chi connectivity index (χ4n) is 3.16. The van der Waals surface area contributed by atoms with Crippen molar-refractivity contribution in [1.82, 2.24) is 15.5 Å². The van der Waals surface area contributed by atoms with Gasteiger partial charge in [-0.3, -0.25) is 4.79 Å². The first-order valence-corrected chi connectivity index (χ1v) is 8.80. The van der Waals surface area contributed by atoms with Crippen LogP contribution in [0.5, 0.6) is 5.88 Å². The maximum atomic E-state index is 13.2. The molecule has 1 amide bonds. The van der Waals surface area contributed by atoms with Gasteiger partial charge >= 0.3 is 0 Å². The predicted molar refractivity (Wildman–Crippen MR) is 96.6 cm³/mol. The lowest BCUT2D eigenvalue weighted by Gasteiger charge is -2.32. The number of nitrogens with one attached hydrogen (secondary N) is 1. The summed E-state index contributed by atoms with van der Waals surface area (Å²) in [5.41, 5.74) is 0.879. The summed E-state index contributed by atoms with van der Waals surface area (Å²) in [7, 11) is 1.55. The topological polar surface area (TPSA) is 67.3 Å². The third-order valence-electron chi connectivity index (χ3n) is 4.55. The minimum Gasteiger partial charge on any atom is -0.480 e. The van der Waals surface area contributed by atoms with Crippen molar-refractivity contribution in [3.05, 3.63) is 47.8 Å². The summed E-state index contributed by atoms with van der Waals surface area (Å²) in [6.07, 6.45) is 2.39. The monoisotopic (exact) mass is 358 g/mol. The summed E-state index contributed by atoms with van der Waals surface area (Å²) >= 11 is 0. The van der Waals surface area contributed by atoms with Crippen molar-refractivity contribution in [2.45, 2.75) is 19.3 Å². The number of rotatable bonds is 6. The molecule has 1 N–H and O–H groups in total. The number of piperidine rings is 1. The second-order valence-corrected chi connectivity index (χ2v) is 6.39. The van der Waals surface area contributed by atoms with E-state index in [1.807, 2.05) is 12.1 Å². The van der Waals surface area contributed by atoms with Gasteiger partial charge in [0.05, 0.1) is 13.0 Å². The first kappa shape index (κ1) is 18.1. The molecule has 0 bridgehead atoms. The lowest BCUT2D eigenvalue weighted by atomic mass is 9.97. The third-order valence-corrected chi connectivity index (χ3v) is 4.55. The molecule has 1 fully saturated rings. The number of halogens is 1. The molecule has 0 spiro atoms. The molecule has 26 heavy (non-hydrogen) atoms. The molecule has 0 saturated carbocycles. The average molecular weight is 358 g/mol. The Kier molecular flexibility index (Phi) is 5.99. The molecule has 7 heteroatoms. The number of amides is 1. The fraction of sp³-hybridized carbons (Fsp3) is 0.421. The fourth-order valence-corrected chi connectivity index (χ4v) is 3.16.